The van der Waals surface area contributed by atoms with Crippen molar-refractivity contribution < 1.29 is 23.1 Å². The number of piperidine rings is 1. The number of benzene rings is 1. The minimum atomic E-state index is -3.74. The molecule has 7 nitrogen and oxygen atoms in total. The highest BCUT2D eigenvalue weighted by Crippen LogP contribution is 2.54. The summed E-state index contributed by atoms with van der Waals surface area (Å²) < 4.78 is 33.2. The van der Waals surface area contributed by atoms with Crippen LogP contribution in [0.5, 0.6) is 0 Å². The van der Waals surface area contributed by atoms with Crippen molar-refractivity contribution in [3.8, 4) is 0 Å². The maximum atomic E-state index is 12.7. The number of hydrogen-bond donors (Lipinski definition) is 2. The smallest absolute Gasteiger partial charge is 0.337 e. The van der Waals surface area contributed by atoms with Crippen LogP contribution in [0.3, 0.4) is 0 Å². The summed E-state index contributed by atoms with van der Waals surface area (Å²) in [5, 5.41) is 9.53. The molecule has 2 N–H and O–H groups in total. The first-order valence-electron chi connectivity index (χ1n) is 8.96. The third-order valence-corrected chi connectivity index (χ3v) is 7.49. The van der Waals surface area contributed by atoms with Crippen molar-refractivity contribution in [2.24, 2.45) is 5.41 Å². The van der Waals surface area contributed by atoms with Crippen molar-refractivity contribution in [1.29, 1.82) is 0 Å². The van der Waals surface area contributed by atoms with E-state index in [1.807, 2.05) is 4.90 Å². The molecule has 4 rings (SSSR count). The molecule has 1 saturated carbocycles. The molecule has 1 spiro atoms. The minimum Gasteiger partial charge on any atom is -0.478 e. The van der Waals surface area contributed by atoms with Crippen LogP contribution in [0, 0.1) is 5.41 Å². The first-order valence-corrected chi connectivity index (χ1v) is 10.4. The van der Waals surface area contributed by atoms with Gasteiger partial charge in [0.15, 0.2) is 0 Å². The molecule has 142 valence electrons. The number of nitrogens with zero attached hydrogens (tertiary/aromatic N) is 1. The first-order chi connectivity index (χ1) is 12.2. The lowest BCUT2D eigenvalue weighted by Crippen LogP contribution is -2.59. The van der Waals surface area contributed by atoms with E-state index in [-0.39, 0.29) is 10.5 Å². The lowest BCUT2D eigenvalue weighted by atomic mass is 9.93. The van der Waals surface area contributed by atoms with Crippen molar-refractivity contribution in [2.45, 2.75) is 43.0 Å². The summed E-state index contributed by atoms with van der Waals surface area (Å²) in [7, 11) is -3.74. The van der Waals surface area contributed by atoms with E-state index in [0.29, 0.717) is 24.3 Å². The van der Waals surface area contributed by atoms with Crippen molar-refractivity contribution in [1.82, 2.24) is 4.72 Å². The van der Waals surface area contributed by atoms with Gasteiger partial charge in [-0.3, -0.25) is 0 Å². The number of rotatable bonds is 5. The van der Waals surface area contributed by atoms with Crippen LogP contribution in [-0.2, 0) is 14.8 Å². The topological polar surface area (TPSA) is 95.9 Å². The van der Waals surface area contributed by atoms with E-state index in [2.05, 4.69) is 4.72 Å². The van der Waals surface area contributed by atoms with Gasteiger partial charge in [-0.05, 0) is 56.2 Å². The lowest BCUT2D eigenvalue weighted by molar-refractivity contribution is -0.0523. The van der Waals surface area contributed by atoms with Gasteiger partial charge in [0.05, 0.1) is 34.9 Å². The fourth-order valence-corrected chi connectivity index (χ4v) is 5.27. The van der Waals surface area contributed by atoms with Gasteiger partial charge >= 0.3 is 5.97 Å². The Labute approximate surface area is 153 Å². The molecule has 0 bridgehead atoms. The van der Waals surface area contributed by atoms with Gasteiger partial charge in [-0.1, -0.05) is 0 Å². The minimum absolute atomic E-state index is 0.0948. The zero-order chi connectivity index (χ0) is 18.6. The quantitative estimate of drug-likeness (QED) is 0.809. The summed E-state index contributed by atoms with van der Waals surface area (Å²) in [5.74, 6) is -1.04. The molecule has 0 amide bonds. The highest BCUT2D eigenvalue weighted by Gasteiger charge is 2.45. The van der Waals surface area contributed by atoms with E-state index < -0.39 is 21.5 Å². The number of aromatic carboxylic acids is 1. The summed E-state index contributed by atoms with van der Waals surface area (Å²) in [6, 6.07) is 4.26. The van der Waals surface area contributed by atoms with Gasteiger partial charge in [0, 0.05) is 13.1 Å². The second-order valence-corrected chi connectivity index (χ2v) is 9.81. The SMILES string of the molecule is CC1(NS(=O)(=O)c2ccc(C(=O)O)c(N3CCC4(CC3)CC4)c2)COC1. The van der Waals surface area contributed by atoms with Gasteiger partial charge in [0.25, 0.3) is 0 Å². The van der Waals surface area contributed by atoms with Gasteiger partial charge in [-0.2, -0.15) is 0 Å². The van der Waals surface area contributed by atoms with E-state index in [0.717, 1.165) is 25.9 Å². The maximum Gasteiger partial charge on any atom is 0.337 e. The Morgan fingerprint density at radius 2 is 1.85 bits per heavy atom. The molecule has 2 heterocycles. The lowest BCUT2D eigenvalue weighted by Gasteiger charge is -2.38. The Bertz CT molecular complexity index is 833. The molecule has 8 heteroatoms. The Morgan fingerprint density at radius 1 is 1.19 bits per heavy atom. The van der Waals surface area contributed by atoms with E-state index in [4.69, 9.17) is 4.74 Å². The second kappa shape index (κ2) is 5.94. The van der Waals surface area contributed by atoms with Gasteiger partial charge in [-0.25, -0.2) is 17.9 Å². The molecule has 3 fully saturated rings. The third-order valence-electron chi connectivity index (χ3n) is 5.85. The molecule has 1 aromatic rings. The van der Waals surface area contributed by atoms with E-state index in [9.17, 15) is 18.3 Å². The number of carboxylic acids is 1. The van der Waals surface area contributed by atoms with Crippen LogP contribution in [0.25, 0.3) is 0 Å². The molecule has 1 aromatic carbocycles. The predicted octanol–water partition coefficient (Wildman–Crippen LogP) is 1.83. The summed E-state index contributed by atoms with van der Waals surface area (Å²) in [6.45, 7) is 3.99. The van der Waals surface area contributed by atoms with Gasteiger partial charge in [0.1, 0.15) is 0 Å². The summed E-state index contributed by atoms with van der Waals surface area (Å²) in [5.41, 5.74) is 0.498. The van der Waals surface area contributed by atoms with Gasteiger partial charge < -0.3 is 14.7 Å². The fourth-order valence-electron chi connectivity index (χ4n) is 3.87. The van der Waals surface area contributed by atoms with Gasteiger partial charge in [-0.15, -0.1) is 0 Å². The van der Waals surface area contributed by atoms with Crippen LogP contribution < -0.4 is 9.62 Å². The Balaban J connectivity index is 1.63. The molecule has 3 aliphatic rings. The molecular weight excluding hydrogens is 356 g/mol. The number of sulfonamides is 1. The monoisotopic (exact) mass is 380 g/mol. The second-order valence-electron chi connectivity index (χ2n) is 8.13. The van der Waals surface area contributed by atoms with Crippen molar-refractivity contribution >= 4 is 21.7 Å². The molecule has 26 heavy (non-hydrogen) atoms. The molecule has 1 aliphatic carbocycles. The van der Waals surface area contributed by atoms with Crippen LogP contribution in [0.1, 0.15) is 43.0 Å². The average molecular weight is 380 g/mol. The summed E-state index contributed by atoms with van der Waals surface area (Å²) in [4.78, 5) is 13.7. The van der Waals surface area contributed by atoms with E-state index >= 15 is 0 Å². The number of nitrogens with one attached hydrogen (secondary N) is 1. The number of anilines is 1. The molecular formula is C18H24N2O5S. The van der Waals surface area contributed by atoms with Crippen molar-refractivity contribution in [2.75, 3.05) is 31.2 Å². The van der Waals surface area contributed by atoms with Crippen LogP contribution in [-0.4, -0.2) is 51.3 Å². The highest BCUT2D eigenvalue weighted by atomic mass is 32.2. The van der Waals surface area contributed by atoms with Crippen LogP contribution in [0.15, 0.2) is 23.1 Å². The first kappa shape index (κ1) is 17.8. The normalized spacial score (nSPS) is 23.5. The molecule has 0 atom stereocenters. The molecule has 2 saturated heterocycles. The zero-order valence-electron chi connectivity index (χ0n) is 14.8. The van der Waals surface area contributed by atoms with Crippen LogP contribution >= 0.6 is 0 Å². The van der Waals surface area contributed by atoms with E-state index in [1.165, 1.54) is 31.0 Å². The van der Waals surface area contributed by atoms with Gasteiger partial charge in [0.2, 0.25) is 10.0 Å². The molecule has 0 radical (unpaired) electrons. The predicted molar refractivity (Wildman–Crippen MR) is 96.1 cm³/mol. The zero-order valence-corrected chi connectivity index (χ0v) is 15.6. The number of hydrogen-bond acceptors (Lipinski definition) is 5. The highest BCUT2D eigenvalue weighted by molar-refractivity contribution is 7.89. The Kier molecular flexibility index (Phi) is 4.05. The summed E-state index contributed by atoms with van der Waals surface area (Å²) >= 11 is 0. The Morgan fingerprint density at radius 3 is 2.35 bits per heavy atom. The maximum absolute atomic E-state index is 12.7. The van der Waals surface area contributed by atoms with Crippen molar-refractivity contribution in [3.05, 3.63) is 23.8 Å². The number of carboxylic acid groups (broad SMARTS) is 1. The third kappa shape index (κ3) is 3.21. The standard InChI is InChI=1S/C18H24N2O5S/c1-17(11-25-12-17)19-26(23,24)13-2-3-14(16(21)22)15(10-13)20-8-6-18(4-5-18)7-9-20/h2-3,10,19H,4-9,11-12H2,1H3,(H,21,22). The average Bonchev–Trinajstić information content (AvgIpc) is 3.32. The molecule has 2 aliphatic heterocycles. The van der Waals surface area contributed by atoms with Crippen LogP contribution in [0.4, 0.5) is 5.69 Å². The Hall–Kier alpha value is -1.64. The van der Waals surface area contributed by atoms with E-state index in [1.54, 1.807) is 6.92 Å². The number of ether oxygens (including phenoxy) is 1. The largest absolute Gasteiger partial charge is 0.478 e. The fraction of sp³-hybridized carbons (Fsp3) is 0.611. The van der Waals surface area contributed by atoms with Crippen LogP contribution in [0.2, 0.25) is 0 Å². The summed E-state index contributed by atoms with van der Waals surface area (Å²) in [6.07, 6.45) is 4.59. The van der Waals surface area contributed by atoms with Crippen molar-refractivity contribution in [3.63, 3.8) is 0 Å². The number of carbonyl (C=O) groups is 1. The molecule has 0 aromatic heterocycles. The molecule has 0 unspecified atom stereocenters.